The molecule has 96 valence electrons. The molecule has 17 heavy (non-hydrogen) atoms. The summed E-state index contributed by atoms with van der Waals surface area (Å²) in [4.78, 5) is 0. The van der Waals surface area contributed by atoms with Gasteiger partial charge in [-0.1, -0.05) is 6.07 Å². The molecule has 0 fully saturated rings. The maximum absolute atomic E-state index is 13.5. The van der Waals surface area contributed by atoms with Crippen molar-refractivity contribution in [3.63, 3.8) is 0 Å². The molecular weight excluding hydrogens is 219 g/mol. The largest absolute Gasteiger partial charge is 0.494 e. The summed E-state index contributed by atoms with van der Waals surface area (Å²) in [6.07, 6.45) is 2.05. The molecule has 0 saturated carbocycles. The van der Waals surface area contributed by atoms with E-state index in [2.05, 4.69) is 5.32 Å². The third-order valence-electron chi connectivity index (χ3n) is 2.76. The van der Waals surface area contributed by atoms with Gasteiger partial charge in [-0.15, -0.1) is 0 Å². The number of halogens is 1. The number of nitrogens with two attached hydrogens (primary N) is 1. The van der Waals surface area contributed by atoms with Gasteiger partial charge in [-0.3, -0.25) is 0 Å². The number of hydrogen-bond donors (Lipinski definition) is 2. The fourth-order valence-electron chi connectivity index (χ4n) is 1.66. The van der Waals surface area contributed by atoms with E-state index in [9.17, 15) is 4.39 Å². The van der Waals surface area contributed by atoms with Crippen LogP contribution in [0.3, 0.4) is 0 Å². The Hall–Kier alpha value is -1.13. The summed E-state index contributed by atoms with van der Waals surface area (Å²) >= 11 is 0. The van der Waals surface area contributed by atoms with Crippen molar-refractivity contribution < 1.29 is 9.13 Å². The highest BCUT2D eigenvalue weighted by molar-refractivity contribution is 5.30. The predicted octanol–water partition coefficient (Wildman–Crippen LogP) is 2.22. The summed E-state index contributed by atoms with van der Waals surface area (Å²) < 4.78 is 18.4. The topological polar surface area (TPSA) is 47.3 Å². The molecular formula is C13H21FN2O. The number of methoxy groups -OCH3 is 1. The van der Waals surface area contributed by atoms with Crippen molar-refractivity contribution in [2.24, 2.45) is 5.73 Å². The van der Waals surface area contributed by atoms with Gasteiger partial charge in [-0.05, 0) is 50.6 Å². The molecule has 1 rings (SSSR count). The molecule has 0 aliphatic carbocycles. The molecule has 0 radical (unpaired) electrons. The number of hydrogen-bond acceptors (Lipinski definition) is 3. The summed E-state index contributed by atoms with van der Waals surface area (Å²) in [5.41, 5.74) is 6.34. The first-order valence-electron chi connectivity index (χ1n) is 5.96. The lowest BCUT2D eigenvalue weighted by atomic mass is 10.1. The van der Waals surface area contributed by atoms with Crippen LogP contribution in [0.5, 0.6) is 5.75 Å². The Morgan fingerprint density at radius 2 is 2.18 bits per heavy atom. The van der Waals surface area contributed by atoms with Crippen molar-refractivity contribution in [1.29, 1.82) is 0 Å². The molecule has 0 aliphatic heterocycles. The number of benzene rings is 1. The molecule has 1 aromatic rings. The first-order valence-corrected chi connectivity index (χ1v) is 5.96. The average Bonchev–Trinajstić information content (AvgIpc) is 2.34. The van der Waals surface area contributed by atoms with Crippen LogP contribution in [-0.2, 0) is 0 Å². The van der Waals surface area contributed by atoms with Gasteiger partial charge in [0.25, 0.3) is 0 Å². The van der Waals surface area contributed by atoms with Crippen molar-refractivity contribution in [2.45, 2.75) is 25.8 Å². The molecule has 0 aliphatic rings. The Balaban J connectivity index is 2.51. The second kappa shape index (κ2) is 7.25. The first-order chi connectivity index (χ1) is 8.19. The van der Waals surface area contributed by atoms with Crippen LogP contribution in [0.1, 0.15) is 31.4 Å². The summed E-state index contributed by atoms with van der Waals surface area (Å²) in [5.74, 6) is -0.0373. The lowest BCUT2D eigenvalue weighted by Crippen LogP contribution is -2.20. The number of nitrogens with one attached hydrogen (secondary N) is 1. The highest BCUT2D eigenvalue weighted by atomic mass is 19.1. The highest BCUT2D eigenvalue weighted by Crippen LogP contribution is 2.21. The summed E-state index contributed by atoms with van der Waals surface area (Å²) in [5, 5.41) is 3.34. The van der Waals surface area contributed by atoms with Crippen LogP contribution in [0, 0.1) is 5.82 Å². The van der Waals surface area contributed by atoms with Gasteiger partial charge in [-0.25, -0.2) is 4.39 Å². The van der Waals surface area contributed by atoms with E-state index < -0.39 is 0 Å². The van der Waals surface area contributed by atoms with Gasteiger partial charge in [0.2, 0.25) is 0 Å². The Labute approximate surface area is 102 Å². The second-order valence-corrected chi connectivity index (χ2v) is 4.07. The van der Waals surface area contributed by atoms with E-state index in [4.69, 9.17) is 10.5 Å². The molecule has 3 nitrogen and oxygen atoms in total. The van der Waals surface area contributed by atoms with Gasteiger partial charge in [0.15, 0.2) is 11.6 Å². The van der Waals surface area contributed by atoms with Crippen LogP contribution in [0.2, 0.25) is 0 Å². The first kappa shape index (κ1) is 13.9. The minimum Gasteiger partial charge on any atom is -0.494 e. The van der Waals surface area contributed by atoms with Gasteiger partial charge < -0.3 is 15.8 Å². The molecule has 1 unspecified atom stereocenters. The fraction of sp³-hybridized carbons (Fsp3) is 0.538. The maximum Gasteiger partial charge on any atom is 0.165 e. The van der Waals surface area contributed by atoms with Crippen molar-refractivity contribution >= 4 is 0 Å². The van der Waals surface area contributed by atoms with Gasteiger partial charge in [0.05, 0.1) is 7.11 Å². The van der Waals surface area contributed by atoms with E-state index in [0.717, 1.165) is 24.9 Å². The van der Waals surface area contributed by atoms with Crippen molar-refractivity contribution in [1.82, 2.24) is 5.32 Å². The van der Waals surface area contributed by atoms with Gasteiger partial charge in [0, 0.05) is 6.04 Å². The summed E-state index contributed by atoms with van der Waals surface area (Å²) in [6.45, 7) is 3.63. The minimum absolute atomic E-state index is 0.133. The molecule has 1 aromatic carbocycles. The van der Waals surface area contributed by atoms with Crippen molar-refractivity contribution in [3.8, 4) is 5.75 Å². The Morgan fingerprint density at radius 3 is 2.76 bits per heavy atom. The third kappa shape index (κ3) is 4.32. The minimum atomic E-state index is -0.319. The van der Waals surface area contributed by atoms with E-state index in [-0.39, 0.29) is 17.6 Å². The molecule has 0 amide bonds. The molecule has 0 aromatic heterocycles. The zero-order chi connectivity index (χ0) is 12.7. The lowest BCUT2D eigenvalue weighted by molar-refractivity contribution is 0.385. The van der Waals surface area contributed by atoms with Crippen LogP contribution in [0.4, 0.5) is 4.39 Å². The SMILES string of the molecule is COc1ccc(C(C)NCCCCN)cc1F. The monoisotopic (exact) mass is 240 g/mol. The Morgan fingerprint density at radius 1 is 1.41 bits per heavy atom. The van der Waals surface area contributed by atoms with Crippen LogP contribution in [-0.4, -0.2) is 20.2 Å². The average molecular weight is 240 g/mol. The quantitative estimate of drug-likeness (QED) is 0.718. The summed E-state index contributed by atoms with van der Waals surface area (Å²) in [6, 6.07) is 5.18. The van der Waals surface area contributed by atoms with Crippen molar-refractivity contribution in [3.05, 3.63) is 29.6 Å². The third-order valence-corrected chi connectivity index (χ3v) is 2.76. The molecule has 0 heterocycles. The van der Waals surface area contributed by atoms with Crippen molar-refractivity contribution in [2.75, 3.05) is 20.2 Å². The normalized spacial score (nSPS) is 12.5. The second-order valence-electron chi connectivity index (χ2n) is 4.07. The summed E-state index contributed by atoms with van der Waals surface area (Å²) in [7, 11) is 1.46. The van der Waals surface area contributed by atoms with E-state index in [1.54, 1.807) is 6.07 Å². The van der Waals surface area contributed by atoms with Gasteiger partial charge >= 0.3 is 0 Å². The molecule has 0 saturated heterocycles. The Kier molecular flexibility index (Phi) is 5.94. The number of unbranched alkanes of at least 4 members (excludes halogenated alkanes) is 1. The standard InChI is InChI=1S/C13H21FN2O/c1-10(16-8-4-3-7-15)11-5-6-13(17-2)12(14)9-11/h5-6,9-10,16H,3-4,7-8,15H2,1-2H3. The predicted molar refractivity (Wildman–Crippen MR) is 67.7 cm³/mol. The van der Waals surface area contributed by atoms with E-state index in [1.807, 2.05) is 13.0 Å². The van der Waals surface area contributed by atoms with Crippen LogP contribution in [0.25, 0.3) is 0 Å². The molecule has 1 atom stereocenters. The molecule has 0 bridgehead atoms. The zero-order valence-corrected chi connectivity index (χ0v) is 10.5. The fourth-order valence-corrected chi connectivity index (χ4v) is 1.66. The van der Waals surface area contributed by atoms with Gasteiger partial charge in [0.1, 0.15) is 0 Å². The maximum atomic E-state index is 13.5. The smallest absolute Gasteiger partial charge is 0.165 e. The Bertz CT molecular complexity index is 344. The highest BCUT2D eigenvalue weighted by Gasteiger charge is 2.08. The molecule has 0 spiro atoms. The van der Waals surface area contributed by atoms with Crippen LogP contribution < -0.4 is 15.8 Å². The lowest BCUT2D eigenvalue weighted by Gasteiger charge is -2.15. The van der Waals surface area contributed by atoms with Crippen LogP contribution in [0.15, 0.2) is 18.2 Å². The number of ether oxygens (including phenoxy) is 1. The zero-order valence-electron chi connectivity index (χ0n) is 10.5. The molecule has 4 heteroatoms. The molecule has 3 N–H and O–H groups in total. The van der Waals surface area contributed by atoms with E-state index >= 15 is 0 Å². The van der Waals surface area contributed by atoms with E-state index in [1.165, 1.54) is 13.2 Å². The van der Waals surface area contributed by atoms with Gasteiger partial charge in [-0.2, -0.15) is 0 Å². The van der Waals surface area contributed by atoms with E-state index in [0.29, 0.717) is 6.54 Å². The van der Waals surface area contributed by atoms with Crippen LogP contribution >= 0.6 is 0 Å². The number of rotatable bonds is 7.